The van der Waals surface area contributed by atoms with E-state index in [0.29, 0.717) is 26.4 Å². The Kier molecular flexibility index (Phi) is 8.20. The van der Waals surface area contributed by atoms with E-state index in [1.165, 1.54) is 0 Å². The number of methoxy groups -OCH3 is 1. The van der Waals surface area contributed by atoms with Crippen LogP contribution in [-0.2, 0) is 9.47 Å². The van der Waals surface area contributed by atoms with Gasteiger partial charge in [-0.15, -0.1) is 0 Å². The Balaban J connectivity index is 3.10. The van der Waals surface area contributed by atoms with Crippen molar-refractivity contribution in [1.29, 1.82) is 0 Å². The number of hydrogen-bond donors (Lipinski definition) is 2. The highest BCUT2D eigenvalue weighted by molar-refractivity contribution is 6.21. The van der Waals surface area contributed by atoms with Crippen LogP contribution in [0.15, 0.2) is 4.99 Å². The summed E-state index contributed by atoms with van der Waals surface area (Å²) in [4.78, 5) is 6.01. The summed E-state index contributed by atoms with van der Waals surface area (Å²) >= 11 is 5.15. The Hall–Kier alpha value is -0.520. The fourth-order valence-corrected chi connectivity index (χ4v) is 0.565. The number of ether oxygens (including phenoxy) is 2. The van der Waals surface area contributed by atoms with Crippen molar-refractivity contribution < 1.29 is 9.47 Å². The first kappa shape index (κ1) is 11.5. The molecule has 12 heavy (non-hydrogen) atoms. The summed E-state index contributed by atoms with van der Waals surface area (Å²) in [5, 5.41) is 0. The normalized spacial score (nSPS) is 11.7. The van der Waals surface area contributed by atoms with Gasteiger partial charge in [-0.1, -0.05) is 0 Å². The Morgan fingerprint density at radius 1 is 1.50 bits per heavy atom. The highest BCUT2D eigenvalue weighted by atomic mass is 35.5. The molecule has 0 aromatic carbocycles. The fraction of sp³-hybridized carbons (Fsp3) is 0.833. The molecule has 5 nitrogen and oxygen atoms in total. The first-order chi connectivity index (χ1) is 5.81. The molecule has 72 valence electrons. The van der Waals surface area contributed by atoms with E-state index in [1.54, 1.807) is 7.11 Å². The molecule has 6 heteroatoms. The second kappa shape index (κ2) is 8.58. The quantitative estimate of drug-likeness (QED) is 0.265. The van der Waals surface area contributed by atoms with Crippen molar-refractivity contribution in [3.8, 4) is 0 Å². The van der Waals surface area contributed by atoms with Gasteiger partial charge in [0.15, 0.2) is 0 Å². The van der Waals surface area contributed by atoms with Crippen molar-refractivity contribution in [1.82, 2.24) is 4.84 Å². The summed E-state index contributed by atoms with van der Waals surface area (Å²) in [5.74, 6) is 0.201. The number of halogens is 1. The van der Waals surface area contributed by atoms with Crippen molar-refractivity contribution in [2.24, 2.45) is 10.7 Å². The molecule has 0 aromatic heterocycles. The lowest BCUT2D eigenvalue weighted by atomic mass is 10.7. The van der Waals surface area contributed by atoms with Crippen LogP contribution in [0, 0.1) is 0 Å². The number of nitrogens with two attached hydrogens (primary N) is 1. The van der Waals surface area contributed by atoms with Crippen molar-refractivity contribution in [2.75, 3.05) is 33.5 Å². The first-order valence-corrected chi connectivity index (χ1v) is 3.92. The molecule has 0 radical (unpaired) electrons. The van der Waals surface area contributed by atoms with Gasteiger partial charge in [0, 0.05) is 18.9 Å². The molecule has 0 atom stereocenters. The summed E-state index contributed by atoms with van der Waals surface area (Å²) in [6.45, 7) is 2.17. The van der Waals surface area contributed by atoms with Crippen molar-refractivity contribution in [3.05, 3.63) is 0 Å². The van der Waals surface area contributed by atoms with Gasteiger partial charge in [0.05, 0.1) is 26.4 Å². The number of aliphatic imine (C=N–C) groups is 1. The molecule has 0 aromatic rings. The van der Waals surface area contributed by atoms with E-state index in [-0.39, 0.29) is 5.96 Å². The van der Waals surface area contributed by atoms with Gasteiger partial charge in [0.25, 0.3) is 0 Å². The average molecular weight is 196 g/mol. The van der Waals surface area contributed by atoms with E-state index >= 15 is 0 Å². The maximum Gasteiger partial charge on any atom is 0.203 e. The summed E-state index contributed by atoms with van der Waals surface area (Å²) < 4.78 is 9.88. The van der Waals surface area contributed by atoms with Gasteiger partial charge in [0.2, 0.25) is 5.96 Å². The minimum atomic E-state index is 0.201. The number of guanidine groups is 1. The third-order valence-corrected chi connectivity index (χ3v) is 1.24. The molecule has 0 amide bonds. The van der Waals surface area contributed by atoms with Crippen LogP contribution in [-0.4, -0.2) is 39.4 Å². The van der Waals surface area contributed by atoms with Gasteiger partial charge < -0.3 is 15.2 Å². The van der Waals surface area contributed by atoms with Crippen molar-refractivity contribution in [2.45, 2.75) is 0 Å². The lowest BCUT2D eigenvalue weighted by Gasteiger charge is -2.00. The number of nitrogens with zero attached hydrogens (tertiary/aromatic N) is 1. The van der Waals surface area contributed by atoms with Crippen LogP contribution in [0.4, 0.5) is 0 Å². The second-order valence-corrected chi connectivity index (χ2v) is 2.16. The monoisotopic (exact) mass is 195 g/mol. The largest absolute Gasteiger partial charge is 0.382 e. The van der Waals surface area contributed by atoms with Crippen LogP contribution in [0.1, 0.15) is 0 Å². The zero-order valence-electron chi connectivity index (χ0n) is 7.05. The molecule has 0 rings (SSSR count). The average Bonchev–Trinajstić information content (AvgIpc) is 2.10. The van der Waals surface area contributed by atoms with E-state index < -0.39 is 0 Å². The maximum atomic E-state index is 5.24. The minimum Gasteiger partial charge on any atom is -0.382 e. The van der Waals surface area contributed by atoms with Gasteiger partial charge in [-0.2, -0.15) is 0 Å². The van der Waals surface area contributed by atoms with Crippen LogP contribution in [0.2, 0.25) is 0 Å². The Morgan fingerprint density at radius 3 is 2.83 bits per heavy atom. The van der Waals surface area contributed by atoms with Crippen LogP contribution < -0.4 is 10.6 Å². The molecule has 0 aliphatic carbocycles. The van der Waals surface area contributed by atoms with Gasteiger partial charge >= 0.3 is 0 Å². The van der Waals surface area contributed by atoms with E-state index in [9.17, 15) is 0 Å². The smallest absolute Gasteiger partial charge is 0.203 e. The number of hydrogen-bond acceptors (Lipinski definition) is 3. The molecule has 0 heterocycles. The molecule has 0 saturated heterocycles. The summed E-state index contributed by atoms with van der Waals surface area (Å²) in [5.41, 5.74) is 5.24. The summed E-state index contributed by atoms with van der Waals surface area (Å²) in [7, 11) is 1.62. The highest BCUT2D eigenvalue weighted by Crippen LogP contribution is 1.78. The molecule has 0 spiro atoms. The Labute approximate surface area is 77.0 Å². The topological polar surface area (TPSA) is 68.9 Å². The molecule has 0 aliphatic rings. The first-order valence-electron chi connectivity index (χ1n) is 3.54. The zero-order valence-corrected chi connectivity index (χ0v) is 7.80. The minimum absolute atomic E-state index is 0.201. The lowest BCUT2D eigenvalue weighted by molar-refractivity contribution is 0.0748. The van der Waals surface area contributed by atoms with E-state index in [4.69, 9.17) is 27.0 Å². The Morgan fingerprint density at radius 2 is 2.25 bits per heavy atom. The van der Waals surface area contributed by atoms with Gasteiger partial charge in [-0.3, -0.25) is 9.83 Å². The molecule has 0 saturated carbocycles. The second-order valence-electron chi connectivity index (χ2n) is 1.97. The molecule has 0 aliphatic heterocycles. The SMILES string of the molecule is COCCOCCN=C(N)NCl. The summed E-state index contributed by atoms with van der Waals surface area (Å²) in [6, 6.07) is 0. The van der Waals surface area contributed by atoms with Crippen LogP contribution in [0.5, 0.6) is 0 Å². The maximum absolute atomic E-state index is 5.24. The van der Waals surface area contributed by atoms with Crippen LogP contribution in [0.25, 0.3) is 0 Å². The van der Waals surface area contributed by atoms with Crippen molar-refractivity contribution in [3.63, 3.8) is 0 Å². The van der Waals surface area contributed by atoms with Gasteiger partial charge in [-0.25, -0.2) is 0 Å². The fourth-order valence-electron chi connectivity index (χ4n) is 0.505. The predicted molar refractivity (Wildman–Crippen MR) is 48.2 cm³/mol. The predicted octanol–water partition coefficient (Wildman–Crippen LogP) is -0.292. The van der Waals surface area contributed by atoms with Crippen molar-refractivity contribution >= 4 is 17.7 Å². The molecule has 0 fully saturated rings. The summed E-state index contributed by atoms with van der Waals surface area (Å²) in [6.07, 6.45) is 0. The molecule has 3 N–H and O–H groups in total. The number of nitrogens with one attached hydrogen (secondary N) is 1. The molecule has 0 bridgehead atoms. The highest BCUT2D eigenvalue weighted by Gasteiger charge is 1.88. The third kappa shape index (κ3) is 7.59. The van der Waals surface area contributed by atoms with E-state index in [2.05, 4.69) is 9.83 Å². The van der Waals surface area contributed by atoms with E-state index in [1.807, 2.05) is 0 Å². The van der Waals surface area contributed by atoms with Crippen LogP contribution >= 0.6 is 11.8 Å². The third-order valence-electron chi connectivity index (χ3n) is 1.05. The van der Waals surface area contributed by atoms with E-state index in [0.717, 1.165) is 0 Å². The standard InChI is InChI=1S/C6H14ClN3O2/c1-11-4-5-12-3-2-9-6(8)10-7/h2-5H2,1H3,(H3,8,9,10). The van der Waals surface area contributed by atoms with Crippen LogP contribution in [0.3, 0.4) is 0 Å². The number of rotatable bonds is 6. The zero-order chi connectivity index (χ0) is 9.23. The van der Waals surface area contributed by atoms with Gasteiger partial charge in [-0.05, 0) is 0 Å². The molecule has 0 unspecified atom stereocenters. The van der Waals surface area contributed by atoms with Gasteiger partial charge in [0.1, 0.15) is 0 Å². The lowest BCUT2D eigenvalue weighted by Crippen LogP contribution is -2.24. The molecular formula is C6H14ClN3O2. The Bertz CT molecular complexity index is 132. The molecular weight excluding hydrogens is 182 g/mol.